The van der Waals surface area contributed by atoms with Crippen molar-refractivity contribution in [1.29, 1.82) is 0 Å². The number of fused-ring (bicyclic) bond motifs is 1. The molecule has 0 bridgehead atoms. The average molecular weight is 361 g/mol. The Hall–Kier alpha value is -2.73. The van der Waals surface area contributed by atoms with Crippen LogP contribution < -0.4 is 5.32 Å². The molecule has 3 rings (SSSR count). The van der Waals surface area contributed by atoms with Crippen LogP contribution in [0, 0.1) is 19.7 Å². The lowest BCUT2D eigenvalue weighted by atomic mass is 10.1. The number of nitrogens with one attached hydrogen (secondary N) is 1. The van der Waals surface area contributed by atoms with E-state index < -0.39 is 30.1 Å². The maximum Gasteiger partial charge on any atom is 0.265 e. The molecule has 128 valence electrons. The van der Waals surface area contributed by atoms with Crippen molar-refractivity contribution in [2.75, 3.05) is 11.9 Å². The molecule has 1 aliphatic heterocycles. The van der Waals surface area contributed by atoms with E-state index in [2.05, 4.69) is 5.32 Å². The normalized spacial score (nSPS) is 13.2. The highest BCUT2D eigenvalue weighted by atomic mass is 35.5. The molecule has 0 radical (unpaired) electrons. The van der Waals surface area contributed by atoms with Crippen LogP contribution in [0.3, 0.4) is 0 Å². The van der Waals surface area contributed by atoms with Gasteiger partial charge in [-0.3, -0.25) is 19.3 Å². The molecule has 1 heterocycles. The molecule has 2 aromatic carbocycles. The lowest BCUT2D eigenvalue weighted by Crippen LogP contribution is -2.37. The molecular formula is C18H14ClFN2O3. The first-order chi connectivity index (χ1) is 11.8. The minimum Gasteiger partial charge on any atom is -0.323 e. The average Bonchev–Trinajstić information content (AvgIpc) is 2.77. The molecular weight excluding hydrogens is 347 g/mol. The molecule has 0 saturated heterocycles. The van der Waals surface area contributed by atoms with E-state index in [9.17, 15) is 18.8 Å². The van der Waals surface area contributed by atoms with Crippen molar-refractivity contribution in [3.05, 3.63) is 63.4 Å². The standard InChI is InChI=1S/C18H14ClFN2O3/c1-9-6-10(2)16(12(19)7-9)21-14(23)8-22-17(24)11-4-3-5-13(20)15(11)18(22)25/h3-7H,8H2,1-2H3,(H,21,23). The van der Waals surface area contributed by atoms with Crippen molar-refractivity contribution in [1.82, 2.24) is 4.90 Å². The minimum atomic E-state index is -0.819. The molecule has 3 amide bonds. The van der Waals surface area contributed by atoms with E-state index >= 15 is 0 Å². The first kappa shape index (κ1) is 17.1. The number of imide groups is 1. The number of amides is 3. The smallest absolute Gasteiger partial charge is 0.265 e. The Morgan fingerprint density at radius 2 is 1.92 bits per heavy atom. The van der Waals surface area contributed by atoms with Crippen molar-refractivity contribution in [3.8, 4) is 0 Å². The highest BCUT2D eigenvalue weighted by Gasteiger charge is 2.38. The summed E-state index contributed by atoms with van der Waals surface area (Å²) in [7, 11) is 0. The van der Waals surface area contributed by atoms with Gasteiger partial charge in [-0.05, 0) is 43.2 Å². The van der Waals surface area contributed by atoms with Gasteiger partial charge in [0.15, 0.2) is 0 Å². The number of rotatable bonds is 3. The SMILES string of the molecule is Cc1cc(C)c(NC(=O)CN2C(=O)c3cccc(F)c3C2=O)c(Cl)c1. The molecule has 5 nitrogen and oxygen atoms in total. The van der Waals surface area contributed by atoms with Crippen LogP contribution in [0.2, 0.25) is 5.02 Å². The number of halogens is 2. The second kappa shape index (κ2) is 6.29. The maximum atomic E-state index is 13.8. The number of carbonyl (C=O) groups excluding carboxylic acids is 3. The fraction of sp³-hybridized carbons (Fsp3) is 0.167. The fourth-order valence-corrected chi connectivity index (χ4v) is 3.20. The summed E-state index contributed by atoms with van der Waals surface area (Å²) in [5, 5.41) is 2.96. The third-order valence-corrected chi connectivity index (χ3v) is 4.24. The molecule has 7 heteroatoms. The number of aryl methyl sites for hydroxylation is 2. The lowest BCUT2D eigenvalue weighted by molar-refractivity contribution is -0.116. The third-order valence-electron chi connectivity index (χ3n) is 3.95. The van der Waals surface area contributed by atoms with E-state index in [-0.39, 0.29) is 11.1 Å². The van der Waals surface area contributed by atoms with Gasteiger partial charge in [-0.1, -0.05) is 23.7 Å². The van der Waals surface area contributed by atoms with Gasteiger partial charge in [0.25, 0.3) is 11.8 Å². The Kier molecular flexibility index (Phi) is 4.30. The quantitative estimate of drug-likeness (QED) is 0.854. The summed E-state index contributed by atoms with van der Waals surface area (Å²) in [6.45, 7) is 3.14. The highest BCUT2D eigenvalue weighted by Crippen LogP contribution is 2.28. The molecule has 2 aromatic rings. The van der Waals surface area contributed by atoms with Gasteiger partial charge >= 0.3 is 0 Å². The fourth-order valence-electron chi connectivity index (χ4n) is 2.83. The van der Waals surface area contributed by atoms with Crippen LogP contribution in [-0.2, 0) is 4.79 Å². The van der Waals surface area contributed by atoms with Crippen LogP contribution in [0.25, 0.3) is 0 Å². The minimum absolute atomic E-state index is 0.0395. The molecule has 0 saturated carbocycles. The summed E-state index contributed by atoms with van der Waals surface area (Å²) in [5.41, 5.74) is 1.77. The predicted octanol–water partition coefficient (Wildman–Crippen LogP) is 3.33. The van der Waals surface area contributed by atoms with E-state index in [0.717, 1.165) is 22.1 Å². The number of carbonyl (C=O) groups is 3. The molecule has 0 fully saturated rings. The largest absolute Gasteiger partial charge is 0.323 e. The zero-order valence-electron chi connectivity index (χ0n) is 13.5. The number of benzene rings is 2. The van der Waals surface area contributed by atoms with Gasteiger partial charge in [-0.25, -0.2) is 4.39 Å². The zero-order valence-corrected chi connectivity index (χ0v) is 14.3. The first-order valence-electron chi connectivity index (χ1n) is 7.51. The van der Waals surface area contributed by atoms with E-state index in [1.807, 2.05) is 13.0 Å². The molecule has 1 N–H and O–H groups in total. The molecule has 0 spiro atoms. The summed E-state index contributed by atoms with van der Waals surface area (Å²) in [5.74, 6) is -2.89. The van der Waals surface area contributed by atoms with E-state index in [1.165, 1.54) is 12.1 Å². The number of anilines is 1. The van der Waals surface area contributed by atoms with Crippen molar-refractivity contribution < 1.29 is 18.8 Å². The van der Waals surface area contributed by atoms with Crippen LogP contribution >= 0.6 is 11.6 Å². The topological polar surface area (TPSA) is 66.5 Å². The molecule has 0 aromatic heterocycles. The maximum absolute atomic E-state index is 13.8. The Morgan fingerprint density at radius 3 is 2.56 bits per heavy atom. The van der Waals surface area contributed by atoms with Crippen molar-refractivity contribution in [3.63, 3.8) is 0 Å². The number of hydrogen-bond acceptors (Lipinski definition) is 3. The number of nitrogens with zero attached hydrogens (tertiary/aromatic N) is 1. The van der Waals surface area contributed by atoms with Gasteiger partial charge in [0.1, 0.15) is 12.4 Å². The van der Waals surface area contributed by atoms with E-state index in [4.69, 9.17) is 11.6 Å². The summed E-state index contributed by atoms with van der Waals surface area (Å²) < 4.78 is 13.8. The predicted molar refractivity (Wildman–Crippen MR) is 91.3 cm³/mol. The second-order valence-corrected chi connectivity index (χ2v) is 6.25. The Bertz CT molecular complexity index is 904. The van der Waals surface area contributed by atoms with Gasteiger partial charge in [0.05, 0.1) is 21.8 Å². The summed E-state index contributed by atoms with van der Waals surface area (Å²) in [6, 6.07) is 7.35. The van der Waals surface area contributed by atoms with Crippen LogP contribution in [0.4, 0.5) is 10.1 Å². The molecule has 25 heavy (non-hydrogen) atoms. The lowest BCUT2D eigenvalue weighted by Gasteiger charge is -2.15. The van der Waals surface area contributed by atoms with Crippen LogP contribution in [-0.4, -0.2) is 29.2 Å². The van der Waals surface area contributed by atoms with Crippen molar-refractivity contribution in [2.45, 2.75) is 13.8 Å². The van der Waals surface area contributed by atoms with Gasteiger partial charge < -0.3 is 5.32 Å². The van der Waals surface area contributed by atoms with Gasteiger partial charge in [0.2, 0.25) is 5.91 Å². The first-order valence-corrected chi connectivity index (χ1v) is 7.88. The number of hydrogen-bond donors (Lipinski definition) is 1. The molecule has 0 atom stereocenters. The van der Waals surface area contributed by atoms with Gasteiger partial charge in [-0.15, -0.1) is 0 Å². The van der Waals surface area contributed by atoms with Crippen LogP contribution in [0.1, 0.15) is 31.8 Å². The Labute approximate surface area is 148 Å². The van der Waals surface area contributed by atoms with Crippen molar-refractivity contribution >= 4 is 35.0 Å². The monoisotopic (exact) mass is 360 g/mol. The van der Waals surface area contributed by atoms with E-state index in [0.29, 0.717) is 10.7 Å². The van der Waals surface area contributed by atoms with Crippen LogP contribution in [0.15, 0.2) is 30.3 Å². The Morgan fingerprint density at radius 1 is 1.20 bits per heavy atom. The summed E-state index contributed by atoms with van der Waals surface area (Å²) in [4.78, 5) is 37.5. The summed E-state index contributed by atoms with van der Waals surface area (Å²) >= 11 is 6.13. The Balaban J connectivity index is 1.80. The van der Waals surface area contributed by atoms with Crippen molar-refractivity contribution in [2.24, 2.45) is 0 Å². The summed E-state index contributed by atoms with van der Waals surface area (Å²) in [6.07, 6.45) is 0. The highest BCUT2D eigenvalue weighted by molar-refractivity contribution is 6.34. The third kappa shape index (κ3) is 3.00. The molecule has 0 unspecified atom stereocenters. The molecule has 0 aliphatic carbocycles. The van der Waals surface area contributed by atoms with E-state index in [1.54, 1.807) is 13.0 Å². The second-order valence-electron chi connectivity index (χ2n) is 5.85. The molecule has 1 aliphatic rings. The van der Waals surface area contributed by atoms with Gasteiger partial charge in [-0.2, -0.15) is 0 Å². The van der Waals surface area contributed by atoms with Crippen LogP contribution in [0.5, 0.6) is 0 Å². The zero-order chi connectivity index (χ0) is 18.3. The van der Waals surface area contributed by atoms with Gasteiger partial charge in [0, 0.05) is 0 Å².